The Morgan fingerprint density at radius 3 is 2.81 bits per heavy atom. The number of benzene rings is 1. The van der Waals surface area contributed by atoms with Crippen LogP contribution in [-0.2, 0) is 11.2 Å². The Labute approximate surface area is 172 Å². The highest BCUT2D eigenvalue weighted by molar-refractivity contribution is 9.10. The molecule has 0 saturated heterocycles. The Balaban J connectivity index is 1.55. The zero-order valence-corrected chi connectivity index (χ0v) is 17.6. The number of thiophene rings is 1. The summed E-state index contributed by atoms with van der Waals surface area (Å²) in [6, 6.07) is 11.3. The second-order valence-corrected chi connectivity index (χ2v) is 8.51. The summed E-state index contributed by atoms with van der Waals surface area (Å²) in [5, 5.41) is 11.1. The fourth-order valence-corrected chi connectivity index (χ4v) is 4.37. The fourth-order valence-electron chi connectivity index (χ4n) is 2.23. The molecule has 0 fully saturated rings. The van der Waals surface area contributed by atoms with Crippen LogP contribution in [0.1, 0.15) is 21.5 Å². The van der Waals surface area contributed by atoms with Gasteiger partial charge in [0.2, 0.25) is 11.8 Å². The van der Waals surface area contributed by atoms with E-state index in [-0.39, 0.29) is 17.4 Å². The van der Waals surface area contributed by atoms with E-state index in [4.69, 9.17) is 4.42 Å². The molecule has 140 valence electrons. The molecule has 1 aromatic carbocycles. The maximum absolute atomic E-state index is 12.4. The molecule has 2 aromatic heterocycles. The standard InChI is InChI=1S/C18H16BrN3O3S2/c1-11(23)20-9-8-12-6-7-16(27-12)15(24)10-26-18-22-21-17(25-18)13-4-2-3-5-14(13)19/h2-7H,8-10H2,1H3,(H,20,23). The molecule has 0 atom stereocenters. The highest BCUT2D eigenvalue weighted by Gasteiger charge is 2.15. The van der Waals surface area contributed by atoms with E-state index in [2.05, 4.69) is 31.4 Å². The second kappa shape index (κ2) is 9.29. The summed E-state index contributed by atoms with van der Waals surface area (Å²) in [7, 11) is 0. The average molecular weight is 466 g/mol. The summed E-state index contributed by atoms with van der Waals surface area (Å²) in [6.45, 7) is 2.05. The Morgan fingerprint density at radius 2 is 2.04 bits per heavy atom. The number of nitrogens with one attached hydrogen (secondary N) is 1. The van der Waals surface area contributed by atoms with Crippen molar-refractivity contribution in [3.05, 3.63) is 50.6 Å². The molecule has 0 spiro atoms. The van der Waals surface area contributed by atoms with Gasteiger partial charge in [-0.25, -0.2) is 0 Å². The zero-order valence-electron chi connectivity index (χ0n) is 14.4. The van der Waals surface area contributed by atoms with Crippen molar-refractivity contribution in [2.75, 3.05) is 12.3 Å². The van der Waals surface area contributed by atoms with Gasteiger partial charge in [-0.15, -0.1) is 21.5 Å². The molecule has 0 aliphatic heterocycles. The molecule has 0 saturated carbocycles. The predicted octanol–water partition coefficient (Wildman–Crippen LogP) is 4.21. The molecular weight excluding hydrogens is 450 g/mol. The van der Waals surface area contributed by atoms with Gasteiger partial charge in [-0.05, 0) is 46.6 Å². The van der Waals surface area contributed by atoms with Crippen LogP contribution in [0.4, 0.5) is 0 Å². The topological polar surface area (TPSA) is 85.1 Å². The molecule has 0 bridgehead atoms. The van der Waals surface area contributed by atoms with E-state index < -0.39 is 0 Å². The fraction of sp³-hybridized carbons (Fsp3) is 0.222. The van der Waals surface area contributed by atoms with Crippen LogP contribution >= 0.6 is 39.0 Å². The number of amides is 1. The Kier molecular flexibility index (Phi) is 6.81. The minimum atomic E-state index is -0.0549. The highest BCUT2D eigenvalue weighted by Crippen LogP contribution is 2.29. The maximum atomic E-state index is 12.4. The first-order chi connectivity index (χ1) is 13.0. The van der Waals surface area contributed by atoms with E-state index >= 15 is 0 Å². The lowest BCUT2D eigenvalue weighted by molar-refractivity contribution is -0.118. The third kappa shape index (κ3) is 5.50. The van der Waals surface area contributed by atoms with Crippen LogP contribution in [0.2, 0.25) is 0 Å². The molecule has 2 heterocycles. The van der Waals surface area contributed by atoms with Gasteiger partial charge < -0.3 is 9.73 Å². The first kappa shape index (κ1) is 19.8. The number of aromatic nitrogens is 2. The lowest BCUT2D eigenvalue weighted by Gasteiger charge is -1.99. The Hall–Kier alpha value is -1.97. The number of carbonyl (C=O) groups is 2. The van der Waals surface area contributed by atoms with Gasteiger partial charge in [0.1, 0.15) is 0 Å². The van der Waals surface area contributed by atoms with Crippen LogP contribution in [0.3, 0.4) is 0 Å². The van der Waals surface area contributed by atoms with Crippen molar-refractivity contribution in [3.8, 4) is 11.5 Å². The van der Waals surface area contributed by atoms with Crippen molar-refractivity contribution in [2.45, 2.75) is 18.6 Å². The number of nitrogens with zero attached hydrogens (tertiary/aromatic N) is 2. The molecule has 27 heavy (non-hydrogen) atoms. The average Bonchev–Trinajstić information content (AvgIpc) is 3.29. The predicted molar refractivity (Wildman–Crippen MR) is 109 cm³/mol. The van der Waals surface area contributed by atoms with Gasteiger partial charge in [-0.1, -0.05) is 23.9 Å². The summed E-state index contributed by atoms with van der Waals surface area (Å²) < 4.78 is 6.51. The number of hydrogen-bond acceptors (Lipinski definition) is 7. The van der Waals surface area contributed by atoms with E-state index in [9.17, 15) is 9.59 Å². The number of Topliss-reactive ketones (excluding diaryl/α,β-unsaturated/α-hetero) is 1. The van der Waals surface area contributed by atoms with E-state index in [1.807, 2.05) is 36.4 Å². The van der Waals surface area contributed by atoms with Crippen molar-refractivity contribution in [1.82, 2.24) is 15.5 Å². The normalized spacial score (nSPS) is 10.7. The van der Waals surface area contributed by atoms with Crippen molar-refractivity contribution < 1.29 is 14.0 Å². The minimum Gasteiger partial charge on any atom is -0.411 e. The van der Waals surface area contributed by atoms with E-state index in [0.717, 1.165) is 14.9 Å². The van der Waals surface area contributed by atoms with Crippen LogP contribution in [0, 0.1) is 0 Å². The lowest BCUT2D eigenvalue weighted by Crippen LogP contribution is -2.22. The molecule has 3 aromatic rings. The summed E-state index contributed by atoms with van der Waals surface area (Å²) in [4.78, 5) is 25.0. The monoisotopic (exact) mass is 465 g/mol. The van der Waals surface area contributed by atoms with Crippen LogP contribution < -0.4 is 5.32 Å². The van der Waals surface area contributed by atoms with Gasteiger partial charge in [0.15, 0.2) is 5.78 Å². The third-order valence-electron chi connectivity index (χ3n) is 3.52. The van der Waals surface area contributed by atoms with E-state index in [1.54, 1.807) is 0 Å². The summed E-state index contributed by atoms with van der Waals surface area (Å²) in [5.41, 5.74) is 0.810. The van der Waals surface area contributed by atoms with Crippen molar-refractivity contribution in [1.29, 1.82) is 0 Å². The summed E-state index contributed by atoms with van der Waals surface area (Å²) in [5.74, 6) is 0.592. The molecule has 1 N–H and O–H groups in total. The van der Waals surface area contributed by atoms with Gasteiger partial charge in [0.05, 0.1) is 16.2 Å². The van der Waals surface area contributed by atoms with Gasteiger partial charge in [-0.3, -0.25) is 9.59 Å². The van der Waals surface area contributed by atoms with Gasteiger partial charge in [0, 0.05) is 22.8 Å². The van der Waals surface area contributed by atoms with Crippen LogP contribution in [0.25, 0.3) is 11.5 Å². The molecule has 1 amide bonds. The van der Waals surface area contributed by atoms with Gasteiger partial charge in [0.25, 0.3) is 5.22 Å². The lowest BCUT2D eigenvalue weighted by atomic mass is 10.2. The molecule has 0 unspecified atom stereocenters. The number of rotatable bonds is 8. The third-order valence-corrected chi connectivity index (χ3v) is 6.22. The Bertz CT molecular complexity index is 955. The molecule has 3 rings (SSSR count). The van der Waals surface area contributed by atoms with E-state index in [0.29, 0.717) is 29.0 Å². The smallest absolute Gasteiger partial charge is 0.277 e. The van der Waals surface area contributed by atoms with Crippen LogP contribution in [0.5, 0.6) is 0 Å². The molecule has 6 nitrogen and oxygen atoms in total. The number of ketones is 1. The second-order valence-electron chi connectivity index (χ2n) is 5.56. The molecule has 9 heteroatoms. The maximum Gasteiger partial charge on any atom is 0.277 e. The SMILES string of the molecule is CC(=O)NCCc1ccc(C(=O)CSc2nnc(-c3ccccc3Br)o2)s1. The summed E-state index contributed by atoms with van der Waals surface area (Å²) in [6.07, 6.45) is 0.712. The van der Waals surface area contributed by atoms with E-state index in [1.165, 1.54) is 30.0 Å². The van der Waals surface area contributed by atoms with Crippen molar-refractivity contribution in [3.63, 3.8) is 0 Å². The quantitative estimate of drug-likeness (QED) is 0.396. The summed E-state index contributed by atoms with van der Waals surface area (Å²) >= 11 is 6.12. The van der Waals surface area contributed by atoms with Crippen molar-refractivity contribution >= 4 is 50.7 Å². The number of carbonyl (C=O) groups excluding carboxylic acids is 2. The number of hydrogen-bond donors (Lipinski definition) is 1. The first-order valence-corrected chi connectivity index (χ1v) is 10.7. The van der Waals surface area contributed by atoms with Gasteiger partial charge >= 0.3 is 0 Å². The van der Waals surface area contributed by atoms with Crippen LogP contribution in [-0.4, -0.2) is 34.2 Å². The van der Waals surface area contributed by atoms with Crippen LogP contribution in [0.15, 0.2) is 50.5 Å². The first-order valence-electron chi connectivity index (χ1n) is 8.10. The molecular formula is C18H16BrN3O3S2. The number of thioether (sulfide) groups is 1. The Morgan fingerprint density at radius 1 is 1.22 bits per heavy atom. The highest BCUT2D eigenvalue weighted by atomic mass is 79.9. The van der Waals surface area contributed by atoms with Gasteiger partial charge in [-0.2, -0.15) is 0 Å². The molecule has 0 aliphatic rings. The minimum absolute atomic E-state index is 0.0106. The molecule has 0 aliphatic carbocycles. The van der Waals surface area contributed by atoms with Crippen molar-refractivity contribution in [2.24, 2.45) is 0 Å². The zero-order chi connectivity index (χ0) is 19.2. The number of halogens is 1. The molecule has 0 radical (unpaired) electrons. The largest absolute Gasteiger partial charge is 0.411 e.